The zero-order chi connectivity index (χ0) is 20.4. The third-order valence-corrected chi connectivity index (χ3v) is 4.75. The zero-order valence-corrected chi connectivity index (χ0v) is 15.6. The summed E-state index contributed by atoms with van der Waals surface area (Å²) in [5.41, 5.74) is 0.996. The van der Waals surface area contributed by atoms with E-state index >= 15 is 0 Å². The van der Waals surface area contributed by atoms with E-state index in [2.05, 4.69) is 0 Å². The largest absolute Gasteiger partial charge is 0.378 e. The Balaban J connectivity index is 1.65. The van der Waals surface area contributed by atoms with Crippen LogP contribution in [0.1, 0.15) is 20.7 Å². The van der Waals surface area contributed by atoms with Crippen LogP contribution in [0.5, 0.6) is 0 Å². The molecule has 5 nitrogen and oxygen atoms in total. The molecule has 2 aromatic carbocycles. The molecular formula is C20H20F3N3O2. The molecule has 28 heavy (non-hydrogen) atoms. The summed E-state index contributed by atoms with van der Waals surface area (Å²) in [7, 11) is 3.81. The molecule has 1 saturated heterocycles. The first-order chi connectivity index (χ1) is 13.3. The van der Waals surface area contributed by atoms with Gasteiger partial charge in [-0.1, -0.05) is 0 Å². The van der Waals surface area contributed by atoms with Crippen molar-refractivity contribution in [3.05, 3.63) is 65.0 Å². The Bertz CT molecular complexity index is 892. The predicted octanol–water partition coefficient (Wildman–Crippen LogP) is 2.77. The first-order valence-corrected chi connectivity index (χ1v) is 8.79. The van der Waals surface area contributed by atoms with Gasteiger partial charge in [0.15, 0.2) is 17.5 Å². The van der Waals surface area contributed by atoms with Crippen LogP contribution in [0.15, 0.2) is 36.4 Å². The van der Waals surface area contributed by atoms with E-state index in [0.29, 0.717) is 5.56 Å². The van der Waals surface area contributed by atoms with E-state index in [0.717, 1.165) is 17.8 Å². The highest BCUT2D eigenvalue weighted by Gasteiger charge is 2.28. The minimum absolute atomic E-state index is 0.156. The van der Waals surface area contributed by atoms with Gasteiger partial charge in [0, 0.05) is 51.5 Å². The number of carbonyl (C=O) groups excluding carboxylic acids is 2. The summed E-state index contributed by atoms with van der Waals surface area (Å²) < 4.78 is 40.3. The summed E-state index contributed by atoms with van der Waals surface area (Å²) in [6.07, 6.45) is 0. The van der Waals surface area contributed by atoms with E-state index in [-0.39, 0.29) is 32.1 Å². The van der Waals surface area contributed by atoms with E-state index in [1.165, 1.54) is 4.90 Å². The Morgan fingerprint density at radius 3 is 1.86 bits per heavy atom. The summed E-state index contributed by atoms with van der Waals surface area (Å²) in [4.78, 5) is 29.9. The van der Waals surface area contributed by atoms with Gasteiger partial charge in [-0.2, -0.15) is 0 Å². The van der Waals surface area contributed by atoms with Gasteiger partial charge in [-0.3, -0.25) is 9.59 Å². The van der Waals surface area contributed by atoms with Crippen molar-refractivity contribution in [3.8, 4) is 0 Å². The predicted molar refractivity (Wildman–Crippen MR) is 98.9 cm³/mol. The molecule has 0 aliphatic carbocycles. The van der Waals surface area contributed by atoms with E-state index in [1.54, 1.807) is 17.0 Å². The Labute approximate surface area is 161 Å². The van der Waals surface area contributed by atoms with Crippen LogP contribution < -0.4 is 4.90 Å². The van der Waals surface area contributed by atoms with Gasteiger partial charge in [0.05, 0.1) is 5.56 Å². The van der Waals surface area contributed by atoms with Crippen LogP contribution >= 0.6 is 0 Å². The third-order valence-electron chi connectivity index (χ3n) is 4.75. The highest BCUT2D eigenvalue weighted by atomic mass is 19.2. The first-order valence-electron chi connectivity index (χ1n) is 8.79. The number of rotatable bonds is 3. The zero-order valence-electron chi connectivity index (χ0n) is 15.6. The summed E-state index contributed by atoms with van der Waals surface area (Å²) in [5, 5.41) is 0. The summed E-state index contributed by atoms with van der Waals surface area (Å²) >= 11 is 0. The van der Waals surface area contributed by atoms with E-state index in [4.69, 9.17) is 0 Å². The van der Waals surface area contributed by atoms with Gasteiger partial charge in [-0.25, -0.2) is 13.2 Å². The number of hydrogen-bond acceptors (Lipinski definition) is 3. The van der Waals surface area contributed by atoms with Gasteiger partial charge in [0.2, 0.25) is 0 Å². The van der Waals surface area contributed by atoms with Crippen molar-refractivity contribution >= 4 is 17.5 Å². The maximum Gasteiger partial charge on any atom is 0.257 e. The normalized spacial score (nSPS) is 14.2. The number of carbonyl (C=O) groups is 2. The number of halogens is 3. The average Bonchev–Trinajstić information content (AvgIpc) is 2.71. The van der Waals surface area contributed by atoms with Crippen molar-refractivity contribution in [2.45, 2.75) is 0 Å². The Kier molecular flexibility index (Phi) is 5.58. The van der Waals surface area contributed by atoms with Crippen molar-refractivity contribution in [3.63, 3.8) is 0 Å². The molecule has 0 N–H and O–H groups in total. The topological polar surface area (TPSA) is 43.9 Å². The third kappa shape index (κ3) is 3.81. The van der Waals surface area contributed by atoms with Crippen LogP contribution in [-0.4, -0.2) is 61.9 Å². The van der Waals surface area contributed by atoms with Crippen molar-refractivity contribution < 1.29 is 22.8 Å². The summed E-state index contributed by atoms with van der Waals surface area (Å²) in [6.45, 7) is 0.897. The van der Waals surface area contributed by atoms with Crippen LogP contribution in [0.2, 0.25) is 0 Å². The lowest BCUT2D eigenvalue weighted by Crippen LogP contribution is -2.50. The monoisotopic (exact) mass is 391 g/mol. The van der Waals surface area contributed by atoms with E-state index in [1.807, 2.05) is 31.1 Å². The summed E-state index contributed by atoms with van der Waals surface area (Å²) in [5.74, 6) is -5.38. The van der Waals surface area contributed by atoms with E-state index in [9.17, 15) is 22.8 Å². The highest BCUT2D eigenvalue weighted by molar-refractivity contribution is 5.96. The second-order valence-electron chi connectivity index (χ2n) is 6.75. The fraction of sp³-hybridized carbons (Fsp3) is 0.300. The molecule has 0 radical (unpaired) electrons. The van der Waals surface area contributed by atoms with Crippen LogP contribution in [0.4, 0.5) is 18.9 Å². The van der Waals surface area contributed by atoms with Gasteiger partial charge in [0.25, 0.3) is 11.8 Å². The molecule has 3 rings (SSSR count). The van der Waals surface area contributed by atoms with Crippen molar-refractivity contribution in [1.29, 1.82) is 0 Å². The smallest absolute Gasteiger partial charge is 0.257 e. The molecule has 0 saturated carbocycles. The maximum absolute atomic E-state index is 13.9. The molecule has 2 aromatic rings. The van der Waals surface area contributed by atoms with Gasteiger partial charge in [0.1, 0.15) is 0 Å². The Morgan fingerprint density at radius 2 is 1.32 bits per heavy atom. The quantitative estimate of drug-likeness (QED) is 0.756. The number of nitrogens with zero attached hydrogens (tertiary/aromatic N) is 3. The Morgan fingerprint density at radius 1 is 0.786 bits per heavy atom. The standard InChI is InChI=1S/C20H20F3N3O2/c1-24(2)14-5-3-13(4-6-14)19(27)25-9-11-26(12-10-25)20(28)15-7-8-16(21)18(23)17(15)22/h3-8H,9-12H2,1-2H3. The number of hydrogen-bond donors (Lipinski definition) is 0. The van der Waals surface area contributed by atoms with Gasteiger partial charge >= 0.3 is 0 Å². The van der Waals surface area contributed by atoms with Gasteiger partial charge in [-0.15, -0.1) is 0 Å². The molecule has 8 heteroatoms. The number of benzene rings is 2. The molecule has 0 aromatic heterocycles. The molecule has 1 heterocycles. The number of amides is 2. The molecule has 2 amide bonds. The average molecular weight is 391 g/mol. The molecule has 1 aliphatic heterocycles. The fourth-order valence-electron chi connectivity index (χ4n) is 3.06. The van der Waals surface area contributed by atoms with Crippen LogP contribution in [0, 0.1) is 17.5 Å². The van der Waals surface area contributed by atoms with Crippen LogP contribution in [0.25, 0.3) is 0 Å². The minimum Gasteiger partial charge on any atom is -0.378 e. The maximum atomic E-state index is 13.9. The van der Waals surface area contributed by atoms with Crippen LogP contribution in [0.3, 0.4) is 0 Å². The molecule has 0 bridgehead atoms. The number of piperazine rings is 1. The van der Waals surface area contributed by atoms with Gasteiger partial charge in [-0.05, 0) is 36.4 Å². The first kappa shape index (κ1) is 19.7. The lowest BCUT2D eigenvalue weighted by molar-refractivity contribution is 0.0532. The molecule has 0 spiro atoms. The van der Waals surface area contributed by atoms with Crippen molar-refractivity contribution in [1.82, 2.24) is 9.80 Å². The molecule has 1 fully saturated rings. The van der Waals surface area contributed by atoms with Gasteiger partial charge < -0.3 is 14.7 Å². The Hall–Kier alpha value is -3.03. The molecular weight excluding hydrogens is 371 g/mol. The number of anilines is 1. The second-order valence-corrected chi connectivity index (χ2v) is 6.75. The van der Waals surface area contributed by atoms with Crippen molar-refractivity contribution in [2.75, 3.05) is 45.2 Å². The lowest BCUT2D eigenvalue weighted by atomic mass is 10.1. The molecule has 148 valence electrons. The second kappa shape index (κ2) is 7.92. The molecule has 0 unspecified atom stereocenters. The SMILES string of the molecule is CN(C)c1ccc(C(=O)N2CCN(C(=O)c3ccc(F)c(F)c3F)CC2)cc1. The van der Waals surface area contributed by atoms with Crippen LogP contribution in [-0.2, 0) is 0 Å². The van der Waals surface area contributed by atoms with Crippen molar-refractivity contribution in [2.24, 2.45) is 0 Å². The fourth-order valence-corrected chi connectivity index (χ4v) is 3.06. The molecule has 0 atom stereocenters. The lowest BCUT2D eigenvalue weighted by Gasteiger charge is -2.35. The summed E-state index contributed by atoms with van der Waals surface area (Å²) in [6, 6.07) is 8.83. The van der Waals surface area contributed by atoms with E-state index < -0.39 is 28.9 Å². The minimum atomic E-state index is -1.67. The molecule has 1 aliphatic rings. The highest BCUT2D eigenvalue weighted by Crippen LogP contribution is 2.19.